The molecule has 0 radical (unpaired) electrons. The molecule has 1 aliphatic heterocycles. The minimum atomic E-state index is -0.385. The lowest BCUT2D eigenvalue weighted by Gasteiger charge is -2.17. The molecule has 3 N–H and O–H groups in total. The first kappa shape index (κ1) is 18.3. The molecule has 0 fully saturated rings. The average molecular weight is 387 g/mol. The molecule has 29 heavy (non-hydrogen) atoms. The summed E-state index contributed by atoms with van der Waals surface area (Å²) in [5.74, 6) is -0.400. The van der Waals surface area contributed by atoms with Gasteiger partial charge in [0, 0.05) is 41.3 Å². The highest BCUT2D eigenvalue weighted by molar-refractivity contribution is 6.08. The van der Waals surface area contributed by atoms with Gasteiger partial charge in [-0.05, 0) is 48.4 Å². The van der Waals surface area contributed by atoms with Crippen LogP contribution in [0.5, 0.6) is 0 Å². The van der Waals surface area contributed by atoms with E-state index in [1.165, 1.54) is 24.7 Å². The van der Waals surface area contributed by atoms with Crippen molar-refractivity contribution in [1.82, 2.24) is 9.97 Å². The summed E-state index contributed by atoms with van der Waals surface area (Å²) in [4.78, 5) is 44.4. The number of anilines is 3. The van der Waals surface area contributed by atoms with E-state index in [9.17, 15) is 14.4 Å². The maximum atomic E-state index is 12.6. The van der Waals surface area contributed by atoms with Crippen LogP contribution in [0.2, 0.25) is 0 Å². The highest BCUT2D eigenvalue weighted by Crippen LogP contribution is 2.26. The summed E-state index contributed by atoms with van der Waals surface area (Å²) in [5, 5.41) is 8.27. The fraction of sp³-hybridized carbons (Fsp3) is 0.0952. The Hall–Kier alpha value is -4.07. The lowest BCUT2D eigenvalue weighted by Crippen LogP contribution is -2.19. The van der Waals surface area contributed by atoms with Crippen molar-refractivity contribution in [2.75, 3.05) is 16.0 Å². The number of nitrogens with zero attached hydrogens (tertiary/aromatic N) is 2. The average Bonchev–Trinajstić information content (AvgIpc) is 2.74. The number of hydrogen-bond donors (Lipinski definition) is 3. The van der Waals surface area contributed by atoms with Crippen molar-refractivity contribution in [3.05, 3.63) is 77.7 Å². The number of aromatic nitrogens is 2. The van der Waals surface area contributed by atoms with E-state index in [-0.39, 0.29) is 17.7 Å². The van der Waals surface area contributed by atoms with Crippen molar-refractivity contribution in [3.8, 4) is 0 Å². The van der Waals surface area contributed by atoms with Crippen LogP contribution in [0.1, 0.15) is 32.7 Å². The van der Waals surface area contributed by atoms with Gasteiger partial charge in [0.1, 0.15) is 0 Å². The summed E-state index contributed by atoms with van der Waals surface area (Å²) in [6.07, 6.45) is 5.47. The van der Waals surface area contributed by atoms with E-state index in [0.717, 1.165) is 11.3 Å². The predicted molar refractivity (Wildman–Crippen MR) is 108 cm³/mol. The maximum Gasteiger partial charge on any atom is 0.256 e. The number of benzene rings is 2. The Kier molecular flexibility index (Phi) is 4.98. The molecule has 144 valence electrons. The highest BCUT2D eigenvalue weighted by Gasteiger charge is 2.16. The van der Waals surface area contributed by atoms with Crippen LogP contribution in [0.15, 0.2) is 61.1 Å². The number of rotatable bonds is 4. The summed E-state index contributed by atoms with van der Waals surface area (Å²) in [6.45, 7) is 0. The fourth-order valence-corrected chi connectivity index (χ4v) is 3.02. The summed E-state index contributed by atoms with van der Waals surface area (Å²) < 4.78 is 0. The second-order valence-corrected chi connectivity index (χ2v) is 6.50. The Bertz CT molecular complexity index is 1100. The molecular formula is C21H17N5O3. The van der Waals surface area contributed by atoms with Gasteiger partial charge in [-0.1, -0.05) is 6.07 Å². The number of carbonyl (C=O) groups is 3. The van der Waals surface area contributed by atoms with Gasteiger partial charge in [0.05, 0.1) is 6.20 Å². The molecule has 8 heteroatoms. The van der Waals surface area contributed by atoms with Crippen LogP contribution in [0, 0.1) is 0 Å². The summed E-state index contributed by atoms with van der Waals surface area (Å²) in [6, 6.07) is 11.7. The number of amides is 3. The van der Waals surface area contributed by atoms with Crippen LogP contribution in [0.4, 0.5) is 17.2 Å². The van der Waals surface area contributed by atoms with E-state index < -0.39 is 0 Å². The fourth-order valence-electron chi connectivity index (χ4n) is 3.02. The number of carbonyl (C=O) groups excluding carboxylic acids is 3. The Labute approximate surface area is 166 Å². The minimum Gasteiger partial charge on any atom is -0.326 e. The van der Waals surface area contributed by atoms with Crippen LogP contribution in [-0.4, -0.2) is 27.7 Å². The first-order chi connectivity index (χ1) is 14.1. The molecule has 1 aromatic heterocycles. The van der Waals surface area contributed by atoms with Gasteiger partial charge in [0.2, 0.25) is 5.91 Å². The summed E-state index contributed by atoms with van der Waals surface area (Å²) >= 11 is 0. The molecule has 0 unspecified atom stereocenters. The molecule has 3 amide bonds. The van der Waals surface area contributed by atoms with Crippen molar-refractivity contribution in [2.45, 2.75) is 12.8 Å². The third-order valence-corrected chi connectivity index (χ3v) is 4.45. The van der Waals surface area contributed by atoms with Crippen LogP contribution in [-0.2, 0) is 11.2 Å². The molecule has 0 bridgehead atoms. The zero-order valence-corrected chi connectivity index (χ0v) is 15.3. The number of aryl methyl sites for hydroxylation is 1. The van der Waals surface area contributed by atoms with Crippen molar-refractivity contribution >= 4 is 34.9 Å². The van der Waals surface area contributed by atoms with E-state index in [1.54, 1.807) is 30.3 Å². The number of fused-ring (bicyclic) bond motifs is 1. The van der Waals surface area contributed by atoms with Gasteiger partial charge in [-0.2, -0.15) is 0 Å². The van der Waals surface area contributed by atoms with Gasteiger partial charge in [-0.15, -0.1) is 0 Å². The van der Waals surface area contributed by atoms with E-state index in [4.69, 9.17) is 0 Å². The van der Waals surface area contributed by atoms with Crippen molar-refractivity contribution in [1.29, 1.82) is 0 Å². The summed E-state index contributed by atoms with van der Waals surface area (Å²) in [7, 11) is 0. The third-order valence-electron chi connectivity index (χ3n) is 4.45. The van der Waals surface area contributed by atoms with Gasteiger partial charge >= 0.3 is 0 Å². The molecule has 1 aliphatic rings. The zero-order valence-electron chi connectivity index (χ0n) is 15.3. The smallest absolute Gasteiger partial charge is 0.256 e. The SMILES string of the molecule is O=C1CCc2cc(NC(=O)c3cccc(C(=O)Nc4cnccn4)c3)ccc2N1. The van der Waals surface area contributed by atoms with Crippen molar-refractivity contribution < 1.29 is 14.4 Å². The largest absolute Gasteiger partial charge is 0.326 e. The van der Waals surface area contributed by atoms with Gasteiger partial charge in [-0.3, -0.25) is 19.4 Å². The Balaban J connectivity index is 1.47. The third kappa shape index (κ3) is 4.27. The molecule has 2 heterocycles. The monoisotopic (exact) mass is 387 g/mol. The first-order valence-corrected chi connectivity index (χ1v) is 9.00. The molecule has 8 nitrogen and oxygen atoms in total. The van der Waals surface area contributed by atoms with Crippen molar-refractivity contribution in [3.63, 3.8) is 0 Å². The predicted octanol–water partition coefficient (Wildman–Crippen LogP) is 2.87. The Morgan fingerprint density at radius 3 is 2.48 bits per heavy atom. The quantitative estimate of drug-likeness (QED) is 0.637. The molecular weight excluding hydrogens is 370 g/mol. The van der Waals surface area contributed by atoms with E-state index in [0.29, 0.717) is 35.5 Å². The number of nitrogens with one attached hydrogen (secondary N) is 3. The van der Waals surface area contributed by atoms with Gasteiger partial charge < -0.3 is 16.0 Å². The normalized spacial score (nSPS) is 12.5. The van der Waals surface area contributed by atoms with Crippen LogP contribution < -0.4 is 16.0 Å². The summed E-state index contributed by atoms with van der Waals surface area (Å²) in [5.41, 5.74) is 3.04. The van der Waals surface area contributed by atoms with Crippen LogP contribution >= 0.6 is 0 Å². The van der Waals surface area contributed by atoms with Gasteiger partial charge in [-0.25, -0.2) is 4.98 Å². The minimum absolute atomic E-state index is 0.00846. The lowest BCUT2D eigenvalue weighted by molar-refractivity contribution is -0.116. The zero-order chi connectivity index (χ0) is 20.2. The first-order valence-electron chi connectivity index (χ1n) is 9.00. The lowest BCUT2D eigenvalue weighted by atomic mass is 10.0. The molecule has 4 rings (SSSR count). The number of hydrogen-bond acceptors (Lipinski definition) is 5. The van der Waals surface area contributed by atoms with Crippen LogP contribution in [0.25, 0.3) is 0 Å². The van der Waals surface area contributed by atoms with Gasteiger partial charge in [0.15, 0.2) is 5.82 Å². The van der Waals surface area contributed by atoms with E-state index in [2.05, 4.69) is 25.9 Å². The molecule has 0 atom stereocenters. The second-order valence-electron chi connectivity index (χ2n) is 6.50. The van der Waals surface area contributed by atoms with Crippen LogP contribution in [0.3, 0.4) is 0 Å². The van der Waals surface area contributed by atoms with E-state index >= 15 is 0 Å². The Morgan fingerprint density at radius 2 is 1.72 bits per heavy atom. The second kappa shape index (κ2) is 7.89. The Morgan fingerprint density at radius 1 is 0.931 bits per heavy atom. The standard InChI is InChI=1S/C21H17N5O3/c27-19-7-4-13-11-16(5-6-17(13)25-19)24-20(28)14-2-1-3-15(10-14)21(29)26-18-12-22-8-9-23-18/h1-3,5-6,8-12H,4,7H2,(H,24,28)(H,25,27)(H,23,26,29). The molecule has 0 saturated carbocycles. The highest BCUT2D eigenvalue weighted by atomic mass is 16.2. The maximum absolute atomic E-state index is 12.6. The molecule has 0 aliphatic carbocycles. The molecule has 0 saturated heterocycles. The van der Waals surface area contributed by atoms with Crippen molar-refractivity contribution in [2.24, 2.45) is 0 Å². The molecule has 3 aromatic rings. The molecule has 2 aromatic carbocycles. The topological polar surface area (TPSA) is 113 Å². The van der Waals surface area contributed by atoms with E-state index in [1.807, 2.05) is 6.07 Å². The molecule has 0 spiro atoms. The van der Waals surface area contributed by atoms with Gasteiger partial charge in [0.25, 0.3) is 11.8 Å².